The standard InChI is InChI=1S/C18H16FNO3/c19-14-8-9-16-15(11-14)17(21)7-4-10-20(16)18(22)23-12-13-5-2-1-3-6-13/h1-3,5-6,8-9,11H,4,7,10,12H2. The quantitative estimate of drug-likeness (QED) is 0.843. The fourth-order valence-corrected chi connectivity index (χ4v) is 2.61. The highest BCUT2D eigenvalue weighted by molar-refractivity contribution is 6.05. The van der Waals surface area contributed by atoms with Crippen molar-refractivity contribution in [3.05, 3.63) is 65.5 Å². The molecule has 118 valence electrons. The SMILES string of the molecule is O=C1CCCN(C(=O)OCc2ccccc2)c2ccc(F)cc21. The maximum Gasteiger partial charge on any atom is 0.414 e. The summed E-state index contributed by atoms with van der Waals surface area (Å²) in [5, 5.41) is 0. The van der Waals surface area contributed by atoms with Crippen LogP contribution >= 0.6 is 0 Å². The number of ketones is 1. The van der Waals surface area contributed by atoms with Gasteiger partial charge in [0, 0.05) is 18.5 Å². The first-order valence-corrected chi connectivity index (χ1v) is 7.46. The van der Waals surface area contributed by atoms with Crippen LogP contribution in [0.25, 0.3) is 0 Å². The van der Waals surface area contributed by atoms with Crippen molar-refractivity contribution in [2.24, 2.45) is 0 Å². The summed E-state index contributed by atoms with van der Waals surface area (Å²) >= 11 is 0. The van der Waals surface area contributed by atoms with E-state index >= 15 is 0 Å². The molecule has 0 fully saturated rings. The van der Waals surface area contributed by atoms with Gasteiger partial charge in [-0.1, -0.05) is 30.3 Å². The second kappa shape index (κ2) is 6.60. The van der Waals surface area contributed by atoms with Crippen molar-refractivity contribution in [2.75, 3.05) is 11.4 Å². The van der Waals surface area contributed by atoms with Gasteiger partial charge in [-0.05, 0) is 30.2 Å². The lowest BCUT2D eigenvalue weighted by molar-refractivity contribution is 0.0983. The van der Waals surface area contributed by atoms with Gasteiger partial charge in [0.2, 0.25) is 0 Å². The second-order valence-electron chi connectivity index (χ2n) is 5.38. The van der Waals surface area contributed by atoms with E-state index in [2.05, 4.69) is 0 Å². The molecular weight excluding hydrogens is 297 g/mol. The van der Waals surface area contributed by atoms with Gasteiger partial charge in [0.15, 0.2) is 5.78 Å². The Hall–Kier alpha value is -2.69. The van der Waals surface area contributed by atoms with Gasteiger partial charge in [-0.15, -0.1) is 0 Å². The lowest BCUT2D eigenvalue weighted by Crippen LogP contribution is -2.32. The van der Waals surface area contributed by atoms with Crippen LogP contribution in [0, 0.1) is 5.82 Å². The average Bonchev–Trinajstić information content (AvgIpc) is 2.73. The highest BCUT2D eigenvalue weighted by atomic mass is 19.1. The van der Waals surface area contributed by atoms with Gasteiger partial charge in [0.05, 0.1) is 5.69 Å². The molecule has 0 N–H and O–H groups in total. The molecule has 0 radical (unpaired) electrons. The van der Waals surface area contributed by atoms with Crippen molar-refractivity contribution in [2.45, 2.75) is 19.4 Å². The summed E-state index contributed by atoms with van der Waals surface area (Å²) < 4.78 is 18.7. The molecule has 1 aliphatic heterocycles. The van der Waals surface area contributed by atoms with Crippen molar-refractivity contribution in [3.63, 3.8) is 0 Å². The number of benzene rings is 2. The van der Waals surface area contributed by atoms with E-state index in [1.54, 1.807) is 0 Å². The minimum Gasteiger partial charge on any atom is -0.444 e. The predicted molar refractivity (Wildman–Crippen MR) is 83.9 cm³/mol. The molecule has 1 aliphatic rings. The first kappa shape index (κ1) is 15.2. The Labute approximate surface area is 133 Å². The number of carbonyl (C=O) groups excluding carboxylic acids is 2. The zero-order chi connectivity index (χ0) is 16.2. The van der Waals surface area contributed by atoms with Gasteiger partial charge in [-0.25, -0.2) is 9.18 Å². The highest BCUT2D eigenvalue weighted by Gasteiger charge is 2.26. The molecular formula is C18H16FNO3. The Kier molecular flexibility index (Phi) is 4.37. The minimum absolute atomic E-state index is 0.153. The van der Waals surface area contributed by atoms with E-state index in [0.717, 1.165) is 5.56 Å². The molecule has 1 amide bonds. The minimum atomic E-state index is -0.531. The summed E-state index contributed by atoms with van der Waals surface area (Å²) in [5.41, 5.74) is 1.53. The second-order valence-corrected chi connectivity index (χ2v) is 5.38. The maximum absolute atomic E-state index is 13.4. The fraction of sp³-hybridized carbons (Fsp3) is 0.222. The number of amides is 1. The van der Waals surface area contributed by atoms with Crippen molar-refractivity contribution in [3.8, 4) is 0 Å². The number of hydrogen-bond acceptors (Lipinski definition) is 3. The van der Waals surface area contributed by atoms with Crippen molar-refractivity contribution < 1.29 is 18.7 Å². The van der Waals surface area contributed by atoms with Crippen LogP contribution in [0.15, 0.2) is 48.5 Å². The van der Waals surface area contributed by atoms with Crippen LogP contribution < -0.4 is 4.90 Å². The molecule has 3 rings (SSSR count). The van der Waals surface area contributed by atoms with Crippen LogP contribution in [0.2, 0.25) is 0 Å². The summed E-state index contributed by atoms with van der Waals surface area (Å²) in [6.45, 7) is 0.526. The van der Waals surface area contributed by atoms with Crippen LogP contribution in [-0.4, -0.2) is 18.4 Å². The lowest BCUT2D eigenvalue weighted by Gasteiger charge is -2.21. The van der Waals surface area contributed by atoms with E-state index in [9.17, 15) is 14.0 Å². The maximum atomic E-state index is 13.4. The highest BCUT2D eigenvalue weighted by Crippen LogP contribution is 2.27. The van der Waals surface area contributed by atoms with Crippen LogP contribution in [0.3, 0.4) is 0 Å². The van der Waals surface area contributed by atoms with Gasteiger partial charge in [0.25, 0.3) is 0 Å². The third-order valence-electron chi connectivity index (χ3n) is 3.76. The topological polar surface area (TPSA) is 46.6 Å². The van der Waals surface area contributed by atoms with Crippen LogP contribution in [-0.2, 0) is 11.3 Å². The molecule has 0 aromatic heterocycles. The van der Waals surface area contributed by atoms with Gasteiger partial charge in [-0.3, -0.25) is 9.69 Å². The zero-order valence-electron chi connectivity index (χ0n) is 12.5. The largest absolute Gasteiger partial charge is 0.444 e. The Morgan fingerprint density at radius 2 is 1.96 bits per heavy atom. The van der Waals surface area contributed by atoms with E-state index in [4.69, 9.17) is 4.74 Å². The molecule has 0 unspecified atom stereocenters. The first-order valence-electron chi connectivity index (χ1n) is 7.46. The molecule has 0 atom stereocenters. The van der Waals surface area contributed by atoms with Crippen LogP contribution in [0.5, 0.6) is 0 Å². The van der Waals surface area contributed by atoms with Crippen LogP contribution in [0.1, 0.15) is 28.8 Å². The van der Waals surface area contributed by atoms with Gasteiger partial charge in [-0.2, -0.15) is 0 Å². The summed E-state index contributed by atoms with van der Waals surface area (Å²) in [6, 6.07) is 13.2. The fourth-order valence-electron chi connectivity index (χ4n) is 2.61. The predicted octanol–water partition coefficient (Wildman–Crippen LogP) is 3.95. The van der Waals surface area contributed by atoms with E-state index < -0.39 is 11.9 Å². The molecule has 1 heterocycles. The van der Waals surface area contributed by atoms with Crippen molar-refractivity contribution in [1.29, 1.82) is 0 Å². The molecule has 23 heavy (non-hydrogen) atoms. The molecule has 2 aromatic carbocycles. The lowest BCUT2D eigenvalue weighted by atomic mass is 10.1. The first-order chi connectivity index (χ1) is 11.1. The molecule has 0 aliphatic carbocycles. The number of anilines is 1. The Bertz CT molecular complexity index is 730. The van der Waals surface area contributed by atoms with Crippen molar-refractivity contribution >= 4 is 17.6 Å². The Morgan fingerprint density at radius 3 is 2.74 bits per heavy atom. The molecule has 0 bridgehead atoms. The molecule has 0 saturated heterocycles. The summed E-state index contributed by atoms with van der Waals surface area (Å²) in [7, 11) is 0. The number of Topliss-reactive ketones (excluding diaryl/α,β-unsaturated/α-hetero) is 1. The van der Waals surface area contributed by atoms with E-state index in [0.29, 0.717) is 25.1 Å². The monoisotopic (exact) mass is 313 g/mol. The number of rotatable bonds is 2. The average molecular weight is 313 g/mol. The van der Waals surface area contributed by atoms with Crippen molar-refractivity contribution in [1.82, 2.24) is 0 Å². The molecule has 4 nitrogen and oxygen atoms in total. The number of fused-ring (bicyclic) bond motifs is 1. The normalized spacial score (nSPS) is 14.1. The van der Waals surface area contributed by atoms with E-state index in [1.165, 1.54) is 23.1 Å². The number of hydrogen-bond donors (Lipinski definition) is 0. The summed E-state index contributed by atoms with van der Waals surface area (Å²) in [5.74, 6) is -0.644. The van der Waals surface area contributed by atoms with E-state index in [-0.39, 0.29) is 18.0 Å². The molecule has 0 spiro atoms. The third kappa shape index (κ3) is 3.39. The molecule has 5 heteroatoms. The zero-order valence-corrected chi connectivity index (χ0v) is 12.5. The van der Waals surface area contributed by atoms with Gasteiger partial charge < -0.3 is 4.74 Å². The number of ether oxygens (including phenoxy) is 1. The number of nitrogens with zero attached hydrogens (tertiary/aromatic N) is 1. The summed E-state index contributed by atoms with van der Waals surface area (Å²) in [6.07, 6.45) is 0.283. The number of halogens is 1. The summed E-state index contributed by atoms with van der Waals surface area (Å²) in [4.78, 5) is 25.8. The van der Waals surface area contributed by atoms with Gasteiger partial charge in [0.1, 0.15) is 12.4 Å². The Morgan fingerprint density at radius 1 is 1.17 bits per heavy atom. The van der Waals surface area contributed by atoms with Crippen LogP contribution in [0.4, 0.5) is 14.9 Å². The Balaban J connectivity index is 1.80. The van der Waals surface area contributed by atoms with Gasteiger partial charge >= 0.3 is 6.09 Å². The molecule has 0 saturated carbocycles. The number of carbonyl (C=O) groups is 2. The molecule has 2 aromatic rings. The van der Waals surface area contributed by atoms with E-state index in [1.807, 2.05) is 30.3 Å². The smallest absolute Gasteiger partial charge is 0.414 e. The third-order valence-corrected chi connectivity index (χ3v) is 3.76.